The van der Waals surface area contributed by atoms with Gasteiger partial charge in [0, 0.05) is 18.1 Å². The van der Waals surface area contributed by atoms with Crippen molar-refractivity contribution in [1.29, 1.82) is 0 Å². The average Bonchev–Trinajstić information content (AvgIpc) is 3.13. The van der Waals surface area contributed by atoms with E-state index in [1.165, 1.54) is 12.8 Å². The number of likely N-dealkylation sites (N-methyl/N-ethyl adjacent to an activating group) is 1. The van der Waals surface area contributed by atoms with E-state index in [0.717, 1.165) is 24.6 Å². The molecule has 17 heavy (non-hydrogen) atoms. The fourth-order valence-electron chi connectivity index (χ4n) is 2.03. The van der Waals surface area contributed by atoms with Gasteiger partial charge in [0.05, 0.1) is 6.10 Å². The maximum Gasteiger partial charge on any atom is 0.0916 e. The van der Waals surface area contributed by atoms with E-state index in [1.807, 2.05) is 24.3 Å². The van der Waals surface area contributed by atoms with E-state index in [-0.39, 0.29) is 0 Å². The third kappa shape index (κ3) is 3.98. The minimum atomic E-state index is -0.411. The van der Waals surface area contributed by atoms with Gasteiger partial charge in [-0.05, 0) is 43.0 Å². The highest BCUT2D eigenvalue weighted by Crippen LogP contribution is 2.30. The lowest BCUT2D eigenvalue weighted by Crippen LogP contribution is -2.30. The lowest BCUT2D eigenvalue weighted by atomic mass is 10.1. The van der Waals surface area contributed by atoms with Gasteiger partial charge < -0.3 is 10.0 Å². The number of aliphatic hydroxyl groups is 1. The highest BCUT2D eigenvalue weighted by Gasteiger charge is 2.24. The molecule has 0 spiro atoms. The van der Waals surface area contributed by atoms with Gasteiger partial charge in [0.25, 0.3) is 0 Å². The highest BCUT2D eigenvalue weighted by molar-refractivity contribution is 6.30. The smallest absolute Gasteiger partial charge is 0.0916 e. The zero-order chi connectivity index (χ0) is 12.3. The Kier molecular flexibility index (Phi) is 4.43. The molecule has 0 amide bonds. The van der Waals surface area contributed by atoms with Crippen LogP contribution < -0.4 is 0 Å². The summed E-state index contributed by atoms with van der Waals surface area (Å²) in [6.45, 7) is 4.99. The number of aliphatic hydroxyl groups excluding tert-OH is 1. The summed E-state index contributed by atoms with van der Waals surface area (Å²) in [5, 5.41) is 10.9. The minimum absolute atomic E-state index is 0.411. The van der Waals surface area contributed by atoms with Crippen LogP contribution in [-0.2, 0) is 0 Å². The van der Waals surface area contributed by atoms with Gasteiger partial charge in [0.1, 0.15) is 0 Å². The molecule has 1 aromatic carbocycles. The molecule has 1 aromatic rings. The zero-order valence-corrected chi connectivity index (χ0v) is 11.0. The summed E-state index contributed by atoms with van der Waals surface area (Å²) in [6, 6.07) is 7.46. The van der Waals surface area contributed by atoms with Crippen molar-refractivity contribution in [2.75, 3.05) is 19.6 Å². The number of hydrogen-bond acceptors (Lipinski definition) is 2. The average molecular weight is 254 g/mol. The van der Waals surface area contributed by atoms with Crippen LogP contribution in [0.3, 0.4) is 0 Å². The lowest BCUT2D eigenvalue weighted by molar-refractivity contribution is 0.113. The SMILES string of the molecule is CCN(CC1CC1)CC(O)c1ccc(Cl)cc1. The molecule has 1 aliphatic rings. The Morgan fingerprint density at radius 1 is 1.35 bits per heavy atom. The van der Waals surface area contributed by atoms with Crippen molar-refractivity contribution in [3.8, 4) is 0 Å². The first-order valence-corrected chi connectivity index (χ1v) is 6.72. The molecule has 1 atom stereocenters. The first kappa shape index (κ1) is 12.9. The van der Waals surface area contributed by atoms with Crippen LogP contribution in [-0.4, -0.2) is 29.6 Å². The van der Waals surface area contributed by atoms with E-state index in [2.05, 4.69) is 11.8 Å². The van der Waals surface area contributed by atoms with Gasteiger partial charge >= 0.3 is 0 Å². The van der Waals surface area contributed by atoms with E-state index < -0.39 is 6.10 Å². The van der Waals surface area contributed by atoms with Crippen LogP contribution in [0.1, 0.15) is 31.4 Å². The number of benzene rings is 1. The molecular weight excluding hydrogens is 234 g/mol. The van der Waals surface area contributed by atoms with Gasteiger partial charge in [0.2, 0.25) is 0 Å². The van der Waals surface area contributed by atoms with Crippen molar-refractivity contribution in [3.05, 3.63) is 34.9 Å². The van der Waals surface area contributed by atoms with Gasteiger partial charge in [0.15, 0.2) is 0 Å². The van der Waals surface area contributed by atoms with E-state index in [0.29, 0.717) is 11.6 Å². The molecule has 0 saturated heterocycles. The molecule has 1 unspecified atom stereocenters. The molecule has 2 nitrogen and oxygen atoms in total. The van der Waals surface area contributed by atoms with E-state index >= 15 is 0 Å². The summed E-state index contributed by atoms with van der Waals surface area (Å²) in [4.78, 5) is 2.33. The molecule has 0 bridgehead atoms. The fourth-order valence-corrected chi connectivity index (χ4v) is 2.16. The molecule has 0 aromatic heterocycles. The highest BCUT2D eigenvalue weighted by atomic mass is 35.5. The van der Waals surface area contributed by atoms with Crippen molar-refractivity contribution in [3.63, 3.8) is 0 Å². The van der Waals surface area contributed by atoms with Crippen LogP contribution in [0.4, 0.5) is 0 Å². The van der Waals surface area contributed by atoms with Crippen molar-refractivity contribution >= 4 is 11.6 Å². The third-order valence-corrected chi connectivity index (χ3v) is 3.60. The Morgan fingerprint density at radius 2 is 2.00 bits per heavy atom. The van der Waals surface area contributed by atoms with Gasteiger partial charge in [-0.3, -0.25) is 0 Å². The topological polar surface area (TPSA) is 23.5 Å². The number of halogens is 1. The Labute approximate surface area is 108 Å². The summed E-state index contributed by atoms with van der Waals surface area (Å²) in [5.74, 6) is 0.868. The zero-order valence-electron chi connectivity index (χ0n) is 10.3. The van der Waals surface area contributed by atoms with Crippen LogP contribution in [0, 0.1) is 5.92 Å². The predicted molar refractivity (Wildman–Crippen MR) is 71.2 cm³/mol. The summed E-state index contributed by atoms with van der Waals surface area (Å²) >= 11 is 5.83. The van der Waals surface area contributed by atoms with Crippen molar-refractivity contribution in [2.45, 2.75) is 25.9 Å². The van der Waals surface area contributed by atoms with E-state index in [1.54, 1.807) is 0 Å². The molecular formula is C14H20ClNO. The second-order valence-electron chi connectivity index (χ2n) is 4.86. The first-order chi connectivity index (χ1) is 8.19. The van der Waals surface area contributed by atoms with Crippen LogP contribution in [0.5, 0.6) is 0 Å². The largest absolute Gasteiger partial charge is 0.387 e. The summed E-state index contributed by atoms with van der Waals surface area (Å²) in [6.07, 6.45) is 2.30. The Morgan fingerprint density at radius 3 is 2.53 bits per heavy atom. The fraction of sp³-hybridized carbons (Fsp3) is 0.571. The van der Waals surface area contributed by atoms with Crippen molar-refractivity contribution in [2.24, 2.45) is 5.92 Å². The monoisotopic (exact) mass is 253 g/mol. The molecule has 94 valence electrons. The normalized spacial score (nSPS) is 17.4. The Balaban J connectivity index is 1.89. The van der Waals surface area contributed by atoms with Gasteiger partial charge in [-0.25, -0.2) is 0 Å². The molecule has 2 rings (SSSR count). The summed E-state index contributed by atoms with van der Waals surface area (Å²) in [5.41, 5.74) is 0.948. The van der Waals surface area contributed by atoms with E-state index in [4.69, 9.17) is 11.6 Å². The van der Waals surface area contributed by atoms with Gasteiger partial charge in [-0.15, -0.1) is 0 Å². The number of nitrogens with zero attached hydrogens (tertiary/aromatic N) is 1. The number of rotatable bonds is 6. The number of hydrogen-bond donors (Lipinski definition) is 1. The molecule has 0 aliphatic heterocycles. The van der Waals surface area contributed by atoms with Gasteiger partial charge in [-0.2, -0.15) is 0 Å². The Hall–Kier alpha value is -0.570. The summed E-state index contributed by atoms with van der Waals surface area (Å²) in [7, 11) is 0. The van der Waals surface area contributed by atoms with Crippen molar-refractivity contribution in [1.82, 2.24) is 4.90 Å². The van der Waals surface area contributed by atoms with Crippen molar-refractivity contribution < 1.29 is 5.11 Å². The molecule has 1 N–H and O–H groups in total. The quantitative estimate of drug-likeness (QED) is 0.842. The second-order valence-corrected chi connectivity index (χ2v) is 5.30. The lowest BCUT2D eigenvalue weighted by Gasteiger charge is -2.23. The second kappa shape index (κ2) is 5.85. The molecule has 1 fully saturated rings. The Bertz CT molecular complexity index is 348. The first-order valence-electron chi connectivity index (χ1n) is 6.35. The molecule has 3 heteroatoms. The van der Waals surface area contributed by atoms with Crippen LogP contribution >= 0.6 is 11.6 Å². The maximum atomic E-state index is 10.2. The van der Waals surface area contributed by atoms with Crippen LogP contribution in [0.25, 0.3) is 0 Å². The third-order valence-electron chi connectivity index (χ3n) is 3.35. The molecule has 0 radical (unpaired) electrons. The van der Waals surface area contributed by atoms with E-state index in [9.17, 15) is 5.11 Å². The molecule has 1 saturated carbocycles. The van der Waals surface area contributed by atoms with Crippen LogP contribution in [0.15, 0.2) is 24.3 Å². The summed E-state index contributed by atoms with van der Waals surface area (Å²) < 4.78 is 0. The van der Waals surface area contributed by atoms with Crippen LogP contribution in [0.2, 0.25) is 5.02 Å². The standard InChI is InChI=1S/C14H20ClNO/c1-2-16(9-11-3-4-11)10-14(17)12-5-7-13(15)8-6-12/h5-8,11,14,17H,2-4,9-10H2,1H3. The molecule has 1 aliphatic carbocycles. The minimum Gasteiger partial charge on any atom is -0.387 e. The van der Waals surface area contributed by atoms with Gasteiger partial charge in [-0.1, -0.05) is 30.7 Å². The predicted octanol–water partition coefficient (Wildman–Crippen LogP) is 3.11. The molecule has 0 heterocycles. The maximum absolute atomic E-state index is 10.2.